The van der Waals surface area contributed by atoms with Crippen molar-refractivity contribution in [2.24, 2.45) is 0 Å². The van der Waals surface area contributed by atoms with Gasteiger partial charge in [-0.2, -0.15) is 5.10 Å². The molecule has 0 saturated carbocycles. The number of aromatic nitrogens is 5. The zero-order chi connectivity index (χ0) is 12.8. The summed E-state index contributed by atoms with van der Waals surface area (Å²) in [7, 11) is 0. The van der Waals surface area contributed by atoms with Crippen molar-refractivity contribution in [3.8, 4) is 0 Å². The lowest BCUT2D eigenvalue weighted by atomic mass is 10.3. The van der Waals surface area contributed by atoms with Crippen LogP contribution < -0.4 is 5.32 Å². The van der Waals surface area contributed by atoms with Crippen LogP contribution in [0, 0.1) is 0 Å². The molecule has 6 nitrogen and oxygen atoms in total. The van der Waals surface area contributed by atoms with Crippen LogP contribution in [-0.2, 0) is 13.1 Å². The molecule has 2 heterocycles. The van der Waals surface area contributed by atoms with E-state index in [1.807, 2.05) is 21.8 Å². The summed E-state index contributed by atoms with van der Waals surface area (Å²) in [5.74, 6) is 0. The SMILES string of the molecule is CC(C)n1cc(CNCCCn2ccnn2)cn1. The van der Waals surface area contributed by atoms with Crippen LogP contribution >= 0.6 is 0 Å². The molecule has 0 saturated heterocycles. The van der Waals surface area contributed by atoms with Gasteiger partial charge in [-0.05, 0) is 26.8 Å². The van der Waals surface area contributed by atoms with Gasteiger partial charge < -0.3 is 5.32 Å². The molecule has 0 radical (unpaired) electrons. The van der Waals surface area contributed by atoms with Crippen LogP contribution in [0.15, 0.2) is 24.8 Å². The Labute approximate surface area is 107 Å². The maximum absolute atomic E-state index is 4.31. The summed E-state index contributed by atoms with van der Waals surface area (Å²) >= 11 is 0. The second-order valence-electron chi connectivity index (χ2n) is 4.62. The Morgan fingerprint density at radius 3 is 2.94 bits per heavy atom. The van der Waals surface area contributed by atoms with Gasteiger partial charge in [-0.3, -0.25) is 9.36 Å². The first-order valence-corrected chi connectivity index (χ1v) is 6.33. The Bertz CT molecular complexity index is 445. The molecule has 0 fully saturated rings. The molecule has 2 rings (SSSR count). The first-order valence-electron chi connectivity index (χ1n) is 6.33. The highest BCUT2D eigenvalue weighted by Gasteiger charge is 2.01. The van der Waals surface area contributed by atoms with Gasteiger partial charge in [-0.25, -0.2) is 0 Å². The fourth-order valence-electron chi connectivity index (χ4n) is 1.70. The summed E-state index contributed by atoms with van der Waals surface area (Å²) in [6, 6.07) is 0.422. The van der Waals surface area contributed by atoms with E-state index in [2.05, 4.69) is 40.8 Å². The molecule has 0 spiro atoms. The third kappa shape index (κ3) is 3.66. The monoisotopic (exact) mass is 248 g/mol. The third-order valence-electron chi connectivity index (χ3n) is 2.73. The van der Waals surface area contributed by atoms with Crippen LogP contribution in [0.5, 0.6) is 0 Å². The standard InChI is InChI=1S/C12H20N6/c1-11(2)18-10-12(9-15-18)8-13-4-3-6-17-7-5-14-16-17/h5,7,9-11,13H,3-4,6,8H2,1-2H3. The number of rotatable bonds is 7. The first-order chi connectivity index (χ1) is 8.75. The summed E-state index contributed by atoms with van der Waals surface area (Å²) in [5.41, 5.74) is 1.23. The lowest BCUT2D eigenvalue weighted by Crippen LogP contribution is -2.16. The molecule has 0 aliphatic rings. The fraction of sp³-hybridized carbons (Fsp3) is 0.583. The molecule has 2 aromatic heterocycles. The average molecular weight is 248 g/mol. The van der Waals surface area contributed by atoms with Gasteiger partial charge in [0, 0.05) is 37.1 Å². The van der Waals surface area contributed by atoms with Crippen molar-refractivity contribution < 1.29 is 0 Å². The minimum Gasteiger partial charge on any atom is -0.312 e. The quantitative estimate of drug-likeness (QED) is 0.749. The Balaban J connectivity index is 1.62. The van der Waals surface area contributed by atoms with Gasteiger partial charge in [0.2, 0.25) is 0 Å². The normalized spacial score (nSPS) is 11.3. The van der Waals surface area contributed by atoms with E-state index in [4.69, 9.17) is 0 Å². The van der Waals surface area contributed by atoms with Crippen LogP contribution in [0.1, 0.15) is 31.9 Å². The Morgan fingerprint density at radius 1 is 1.39 bits per heavy atom. The van der Waals surface area contributed by atoms with Gasteiger partial charge in [0.1, 0.15) is 0 Å². The van der Waals surface area contributed by atoms with Crippen molar-refractivity contribution >= 4 is 0 Å². The molecule has 0 aromatic carbocycles. The van der Waals surface area contributed by atoms with E-state index < -0.39 is 0 Å². The van der Waals surface area contributed by atoms with Crippen molar-refractivity contribution in [2.45, 2.75) is 39.4 Å². The van der Waals surface area contributed by atoms with Crippen molar-refractivity contribution in [1.82, 2.24) is 30.1 Å². The molecule has 0 atom stereocenters. The van der Waals surface area contributed by atoms with Crippen LogP contribution in [-0.4, -0.2) is 31.3 Å². The number of nitrogens with zero attached hydrogens (tertiary/aromatic N) is 5. The summed E-state index contributed by atoms with van der Waals surface area (Å²) in [4.78, 5) is 0. The molecule has 2 aromatic rings. The molecule has 0 aliphatic heterocycles. The second kappa shape index (κ2) is 6.30. The minimum absolute atomic E-state index is 0.422. The predicted molar refractivity (Wildman–Crippen MR) is 69.0 cm³/mol. The van der Waals surface area contributed by atoms with E-state index >= 15 is 0 Å². The van der Waals surface area contributed by atoms with Crippen molar-refractivity contribution in [3.63, 3.8) is 0 Å². The zero-order valence-corrected chi connectivity index (χ0v) is 11.0. The molecule has 98 valence electrons. The van der Waals surface area contributed by atoms with Gasteiger partial charge in [-0.15, -0.1) is 5.10 Å². The van der Waals surface area contributed by atoms with Crippen LogP contribution in [0.2, 0.25) is 0 Å². The van der Waals surface area contributed by atoms with Crippen LogP contribution in [0.25, 0.3) is 0 Å². The Morgan fingerprint density at radius 2 is 2.28 bits per heavy atom. The number of aryl methyl sites for hydroxylation is 1. The number of hydrogen-bond acceptors (Lipinski definition) is 4. The molecule has 0 bridgehead atoms. The maximum atomic E-state index is 4.31. The highest BCUT2D eigenvalue weighted by Crippen LogP contribution is 2.04. The molecule has 6 heteroatoms. The zero-order valence-electron chi connectivity index (χ0n) is 11.0. The summed E-state index contributed by atoms with van der Waals surface area (Å²) in [5, 5.41) is 15.4. The molecular weight excluding hydrogens is 228 g/mol. The highest BCUT2D eigenvalue weighted by atomic mass is 15.4. The van der Waals surface area contributed by atoms with E-state index in [9.17, 15) is 0 Å². The van der Waals surface area contributed by atoms with Gasteiger partial charge in [0.25, 0.3) is 0 Å². The van der Waals surface area contributed by atoms with Gasteiger partial charge in [0.15, 0.2) is 0 Å². The smallest absolute Gasteiger partial charge is 0.0692 e. The van der Waals surface area contributed by atoms with Crippen LogP contribution in [0.3, 0.4) is 0 Å². The van der Waals surface area contributed by atoms with Crippen molar-refractivity contribution in [2.75, 3.05) is 6.54 Å². The Kier molecular flexibility index (Phi) is 4.46. The largest absolute Gasteiger partial charge is 0.312 e. The maximum Gasteiger partial charge on any atom is 0.0692 e. The van der Waals surface area contributed by atoms with E-state index in [1.54, 1.807) is 6.20 Å². The van der Waals surface area contributed by atoms with Gasteiger partial charge in [-0.1, -0.05) is 5.21 Å². The summed E-state index contributed by atoms with van der Waals surface area (Å²) < 4.78 is 3.82. The summed E-state index contributed by atoms with van der Waals surface area (Å²) in [6.07, 6.45) is 8.64. The van der Waals surface area contributed by atoms with E-state index in [0.29, 0.717) is 6.04 Å². The molecule has 18 heavy (non-hydrogen) atoms. The number of nitrogens with one attached hydrogen (secondary N) is 1. The highest BCUT2D eigenvalue weighted by molar-refractivity contribution is 5.03. The van der Waals surface area contributed by atoms with Crippen molar-refractivity contribution in [3.05, 3.63) is 30.4 Å². The fourth-order valence-corrected chi connectivity index (χ4v) is 1.70. The van der Waals surface area contributed by atoms with Crippen LogP contribution in [0.4, 0.5) is 0 Å². The lowest BCUT2D eigenvalue weighted by molar-refractivity contribution is 0.526. The van der Waals surface area contributed by atoms with E-state index in [0.717, 1.165) is 26.1 Å². The van der Waals surface area contributed by atoms with E-state index in [1.165, 1.54) is 5.56 Å². The molecular formula is C12H20N6. The molecule has 0 amide bonds. The van der Waals surface area contributed by atoms with Gasteiger partial charge >= 0.3 is 0 Å². The third-order valence-corrected chi connectivity index (χ3v) is 2.73. The Hall–Kier alpha value is -1.69. The van der Waals surface area contributed by atoms with Crippen molar-refractivity contribution in [1.29, 1.82) is 0 Å². The molecule has 0 aliphatic carbocycles. The molecule has 1 N–H and O–H groups in total. The van der Waals surface area contributed by atoms with Gasteiger partial charge in [0.05, 0.1) is 12.4 Å². The predicted octanol–water partition coefficient (Wildman–Crippen LogP) is 1.24. The molecule has 0 unspecified atom stereocenters. The number of hydrogen-bond donors (Lipinski definition) is 1. The van der Waals surface area contributed by atoms with E-state index in [-0.39, 0.29) is 0 Å². The topological polar surface area (TPSA) is 60.6 Å². The average Bonchev–Trinajstić information content (AvgIpc) is 2.98. The minimum atomic E-state index is 0.422. The first kappa shape index (κ1) is 12.8. The summed E-state index contributed by atoms with van der Waals surface area (Å²) in [6.45, 7) is 6.99. The second-order valence-corrected chi connectivity index (χ2v) is 4.62. The lowest BCUT2D eigenvalue weighted by Gasteiger charge is -2.04.